The van der Waals surface area contributed by atoms with Crippen molar-refractivity contribution >= 4 is 5.91 Å². The number of nitrogens with zero attached hydrogens (tertiary/aromatic N) is 2. The maximum absolute atomic E-state index is 12.1. The van der Waals surface area contributed by atoms with Crippen LogP contribution in [0.15, 0.2) is 42.6 Å². The van der Waals surface area contributed by atoms with Gasteiger partial charge < -0.3 is 5.32 Å². The highest BCUT2D eigenvalue weighted by Crippen LogP contribution is 2.11. The first-order valence-corrected chi connectivity index (χ1v) is 5.89. The Labute approximate surface area is 107 Å². The highest BCUT2D eigenvalue weighted by molar-refractivity contribution is 5.93. The number of aromatic nitrogens is 2. The van der Waals surface area contributed by atoms with Crippen LogP contribution in [0.2, 0.25) is 0 Å². The van der Waals surface area contributed by atoms with Gasteiger partial charge in [0.15, 0.2) is 0 Å². The minimum atomic E-state index is -0.261. The van der Waals surface area contributed by atoms with E-state index < -0.39 is 0 Å². The van der Waals surface area contributed by atoms with Gasteiger partial charge in [0.05, 0.1) is 11.9 Å². The fourth-order valence-corrected chi connectivity index (χ4v) is 1.65. The van der Waals surface area contributed by atoms with Gasteiger partial charge in [-0.05, 0) is 39.0 Å². The molecule has 0 saturated carbocycles. The second-order valence-electron chi connectivity index (χ2n) is 5.17. The van der Waals surface area contributed by atoms with Crippen LogP contribution in [0.5, 0.6) is 0 Å². The molecule has 1 heterocycles. The zero-order valence-corrected chi connectivity index (χ0v) is 10.8. The molecule has 0 fully saturated rings. The molecule has 0 bridgehead atoms. The van der Waals surface area contributed by atoms with Crippen LogP contribution < -0.4 is 5.32 Å². The molecule has 0 spiro atoms. The molecule has 0 saturated heterocycles. The molecule has 0 unspecified atom stereocenters. The first kappa shape index (κ1) is 12.4. The van der Waals surface area contributed by atoms with E-state index in [1.807, 2.05) is 51.1 Å². The summed E-state index contributed by atoms with van der Waals surface area (Å²) in [5.74, 6) is -0.121. The maximum atomic E-state index is 12.1. The normalized spacial score (nSPS) is 11.3. The highest BCUT2D eigenvalue weighted by atomic mass is 16.2. The molecule has 1 aromatic carbocycles. The zero-order valence-electron chi connectivity index (χ0n) is 10.8. The Hall–Kier alpha value is -2.10. The molecule has 18 heavy (non-hydrogen) atoms. The number of benzene rings is 1. The molecule has 4 heteroatoms. The van der Waals surface area contributed by atoms with E-state index in [0.717, 1.165) is 5.69 Å². The molecule has 4 nitrogen and oxygen atoms in total. The summed E-state index contributed by atoms with van der Waals surface area (Å²) in [6.45, 7) is 5.86. The third-order valence-electron chi connectivity index (χ3n) is 2.36. The van der Waals surface area contributed by atoms with E-state index in [2.05, 4.69) is 10.4 Å². The van der Waals surface area contributed by atoms with Crippen molar-refractivity contribution in [1.82, 2.24) is 15.1 Å². The van der Waals surface area contributed by atoms with Crippen molar-refractivity contribution in [1.29, 1.82) is 0 Å². The van der Waals surface area contributed by atoms with Crippen LogP contribution >= 0.6 is 0 Å². The SMILES string of the molecule is CC(C)(C)NC(=O)c1ccnn1-c1ccccc1. The molecule has 1 aromatic heterocycles. The van der Waals surface area contributed by atoms with Crippen molar-refractivity contribution in [2.75, 3.05) is 0 Å². The Morgan fingerprint density at radius 2 is 1.83 bits per heavy atom. The van der Waals surface area contributed by atoms with Gasteiger partial charge in [0.2, 0.25) is 0 Å². The van der Waals surface area contributed by atoms with Gasteiger partial charge in [0.1, 0.15) is 5.69 Å². The molecule has 2 rings (SSSR count). The summed E-state index contributed by atoms with van der Waals surface area (Å²) in [5, 5.41) is 7.13. The number of hydrogen-bond donors (Lipinski definition) is 1. The largest absolute Gasteiger partial charge is 0.346 e. The quantitative estimate of drug-likeness (QED) is 0.880. The monoisotopic (exact) mass is 243 g/mol. The smallest absolute Gasteiger partial charge is 0.270 e. The number of carbonyl (C=O) groups is 1. The number of hydrogen-bond acceptors (Lipinski definition) is 2. The summed E-state index contributed by atoms with van der Waals surface area (Å²) in [5.41, 5.74) is 1.15. The highest BCUT2D eigenvalue weighted by Gasteiger charge is 2.18. The summed E-state index contributed by atoms with van der Waals surface area (Å²) >= 11 is 0. The Kier molecular flexibility index (Phi) is 3.19. The summed E-state index contributed by atoms with van der Waals surface area (Å²) in [6.07, 6.45) is 1.63. The molecule has 1 amide bonds. The molecule has 94 valence electrons. The van der Waals surface area contributed by atoms with Crippen LogP contribution in [0.3, 0.4) is 0 Å². The second kappa shape index (κ2) is 4.64. The standard InChI is InChI=1S/C14H17N3O/c1-14(2,3)16-13(18)12-9-10-15-17(12)11-7-5-4-6-8-11/h4-10H,1-3H3,(H,16,18). The number of para-hydroxylation sites is 1. The first-order chi connectivity index (χ1) is 8.47. The Balaban J connectivity index is 2.32. The molecule has 0 aliphatic rings. The van der Waals surface area contributed by atoms with Gasteiger partial charge in [-0.3, -0.25) is 4.79 Å². The van der Waals surface area contributed by atoms with Crippen LogP contribution in [-0.2, 0) is 0 Å². The number of rotatable bonds is 2. The lowest BCUT2D eigenvalue weighted by Gasteiger charge is -2.20. The lowest BCUT2D eigenvalue weighted by molar-refractivity contribution is 0.0911. The van der Waals surface area contributed by atoms with Gasteiger partial charge in [0.25, 0.3) is 5.91 Å². The van der Waals surface area contributed by atoms with E-state index in [1.54, 1.807) is 16.9 Å². The third-order valence-corrected chi connectivity index (χ3v) is 2.36. The minimum absolute atomic E-state index is 0.121. The van der Waals surface area contributed by atoms with E-state index in [4.69, 9.17) is 0 Å². The maximum Gasteiger partial charge on any atom is 0.270 e. The molecule has 0 aliphatic carbocycles. The van der Waals surface area contributed by atoms with Crippen molar-refractivity contribution in [3.05, 3.63) is 48.3 Å². The van der Waals surface area contributed by atoms with Gasteiger partial charge in [0, 0.05) is 5.54 Å². The van der Waals surface area contributed by atoms with Crippen molar-refractivity contribution in [3.63, 3.8) is 0 Å². The van der Waals surface area contributed by atoms with E-state index in [-0.39, 0.29) is 11.4 Å². The third kappa shape index (κ3) is 2.77. The van der Waals surface area contributed by atoms with E-state index in [1.165, 1.54) is 0 Å². The van der Waals surface area contributed by atoms with Crippen molar-refractivity contribution in [3.8, 4) is 5.69 Å². The molecule has 2 aromatic rings. The Bertz CT molecular complexity index is 538. The van der Waals surface area contributed by atoms with Crippen LogP contribution in [0.25, 0.3) is 5.69 Å². The second-order valence-corrected chi connectivity index (χ2v) is 5.17. The lowest BCUT2D eigenvalue weighted by atomic mass is 10.1. The molecular formula is C14H17N3O. The fraction of sp³-hybridized carbons (Fsp3) is 0.286. The van der Waals surface area contributed by atoms with Gasteiger partial charge >= 0.3 is 0 Å². The first-order valence-electron chi connectivity index (χ1n) is 5.89. The van der Waals surface area contributed by atoms with Gasteiger partial charge in [-0.25, -0.2) is 4.68 Å². The average Bonchev–Trinajstić information content (AvgIpc) is 2.76. The molecule has 0 aliphatic heterocycles. The number of carbonyl (C=O) groups excluding carboxylic acids is 1. The lowest BCUT2D eigenvalue weighted by Crippen LogP contribution is -2.41. The number of amides is 1. The summed E-state index contributed by atoms with van der Waals surface area (Å²) < 4.78 is 1.64. The van der Waals surface area contributed by atoms with Crippen LogP contribution in [0.1, 0.15) is 31.3 Å². The predicted molar refractivity (Wildman–Crippen MR) is 70.8 cm³/mol. The number of nitrogens with one attached hydrogen (secondary N) is 1. The topological polar surface area (TPSA) is 46.9 Å². The van der Waals surface area contributed by atoms with Crippen molar-refractivity contribution < 1.29 is 4.79 Å². The van der Waals surface area contributed by atoms with Gasteiger partial charge in [-0.1, -0.05) is 18.2 Å². The Morgan fingerprint density at radius 1 is 1.17 bits per heavy atom. The molecule has 1 N–H and O–H groups in total. The molecule has 0 atom stereocenters. The van der Waals surface area contributed by atoms with E-state index in [9.17, 15) is 4.79 Å². The Morgan fingerprint density at radius 3 is 2.44 bits per heavy atom. The van der Waals surface area contributed by atoms with Crippen LogP contribution in [-0.4, -0.2) is 21.2 Å². The van der Waals surface area contributed by atoms with E-state index in [0.29, 0.717) is 5.69 Å². The molecular weight excluding hydrogens is 226 g/mol. The van der Waals surface area contributed by atoms with Gasteiger partial charge in [-0.15, -0.1) is 0 Å². The van der Waals surface area contributed by atoms with Crippen LogP contribution in [0, 0.1) is 0 Å². The predicted octanol–water partition coefficient (Wildman–Crippen LogP) is 2.40. The summed E-state index contributed by atoms with van der Waals surface area (Å²) in [7, 11) is 0. The van der Waals surface area contributed by atoms with Crippen molar-refractivity contribution in [2.24, 2.45) is 0 Å². The average molecular weight is 243 g/mol. The summed E-state index contributed by atoms with van der Waals surface area (Å²) in [6, 6.07) is 11.3. The van der Waals surface area contributed by atoms with Gasteiger partial charge in [-0.2, -0.15) is 5.10 Å². The minimum Gasteiger partial charge on any atom is -0.346 e. The fourth-order valence-electron chi connectivity index (χ4n) is 1.65. The van der Waals surface area contributed by atoms with E-state index >= 15 is 0 Å². The molecule has 0 radical (unpaired) electrons. The summed E-state index contributed by atoms with van der Waals surface area (Å²) in [4.78, 5) is 12.1. The zero-order chi connectivity index (χ0) is 13.2. The van der Waals surface area contributed by atoms with Crippen molar-refractivity contribution in [2.45, 2.75) is 26.3 Å². The van der Waals surface area contributed by atoms with Crippen LogP contribution in [0.4, 0.5) is 0 Å².